The van der Waals surface area contributed by atoms with E-state index in [2.05, 4.69) is 28.5 Å². The molecule has 1 aromatic heterocycles. The largest absolute Gasteiger partial charge is 0.361 e. The highest BCUT2D eigenvalue weighted by molar-refractivity contribution is 7.89. The minimum absolute atomic E-state index is 0.0287. The minimum atomic E-state index is -3.32. The molecule has 1 saturated heterocycles. The molecule has 2 fully saturated rings. The lowest BCUT2D eigenvalue weighted by Crippen LogP contribution is -2.50. The number of aryl methyl sites for hydroxylation is 1. The van der Waals surface area contributed by atoms with Crippen LogP contribution < -0.4 is 5.32 Å². The first-order chi connectivity index (χ1) is 16.0. The molecule has 0 bridgehead atoms. The highest BCUT2D eigenvalue weighted by Gasteiger charge is 2.48. The zero-order valence-corrected chi connectivity index (χ0v) is 20.0. The van der Waals surface area contributed by atoms with Crippen molar-refractivity contribution >= 4 is 32.7 Å². The fraction of sp³-hybridized carbons (Fsp3) is 0.600. The van der Waals surface area contributed by atoms with Crippen molar-refractivity contribution in [2.45, 2.75) is 69.7 Å². The molecule has 33 heavy (non-hydrogen) atoms. The third kappa shape index (κ3) is 4.60. The summed E-state index contributed by atoms with van der Waals surface area (Å²) in [6, 6.07) is 8.28. The van der Waals surface area contributed by atoms with Crippen LogP contribution in [-0.2, 0) is 21.2 Å². The number of amidine groups is 1. The number of aliphatic imine (C=N–C) groups is 1. The lowest BCUT2D eigenvalue weighted by atomic mass is 9.88. The fourth-order valence-corrected chi connectivity index (χ4v) is 7.25. The summed E-state index contributed by atoms with van der Waals surface area (Å²) in [5.74, 6) is 1.35. The molecule has 3 heterocycles. The number of piperidine rings is 1. The first kappa shape index (κ1) is 22.6. The van der Waals surface area contributed by atoms with Crippen molar-refractivity contribution in [1.82, 2.24) is 14.6 Å². The van der Waals surface area contributed by atoms with E-state index in [9.17, 15) is 13.2 Å². The zero-order valence-electron chi connectivity index (χ0n) is 19.2. The molecule has 8 heteroatoms. The number of benzene rings is 1. The van der Waals surface area contributed by atoms with Gasteiger partial charge in [0.1, 0.15) is 11.4 Å². The molecule has 178 valence electrons. The standard InChI is InChI=1S/C25H34N4O3S/c30-24-25(28-23(27-24)20-8-2-1-3-9-20)13-16-29(17-14-25)33(31,32)18-5-4-7-19-10-6-11-22-21(19)12-15-26-22/h6,10-12,15,20,26H,1-5,7-9,13-14,16-18H2,(H,27,28,30). The monoisotopic (exact) mass is 470 g/mol. The van der Waals surface area contributed by atoms with Gasteiger partial charge in [0.15, 0.2) is 0 Å². The van der Waals surface area contributed by atoms with E-state index in [4.69, 9.17) is 4.99 Å². The molecular formula is C25H34N4O3S. The Morgan fingerprint density at radius 2 is 1.85 bits per heavy atom. The molecule has 1 aromatic carbocycles. The van der Waals surface area contributed by atoms with Crippen LogP contribution in [0.2, 0.25) is 0 Å². The van der Waals surface area contributed by atoms with Gasteiger partial charge >= 0.3 is 0 Å². The second kappa shape index (κ2) is 9.22. The Morgan fingerprint density at radius 3 is 2.64 bits per heavy atom. The van der Waals surface area contributed by atoms with Crippen LogP contribution in [-0.4, -0.2) is 53.8 Å². The highest BCUT2D eigenvalue weighted by atomic mass is 32.2. The van der Waals surface area contributed by atoms with Gasteiger partial charge in [-0.05, 0) is 62.6 Å². The molecule has 2 aliphatic heterocycles. The smallest absolute Gasteiger partial charge is 0.253 e. The van der Waals surface area contributed by atoms with Crippen LogP contribution in [0.25, 0.3) is 10.9 Å². The Kier molecular flexibility index (Phi) is 6.31. The molecule has 7 nitrogen and oxygen atoms in total. The molecule has 0 atom stereocenters. The van der Waals surface area contributed by atoms with Gasteiger partial charge in [0.2, 0.25) is 10.0 Å². The van der Waals surface area contributed by atoms with Crippen LogP contribution in [0.5, 0.6) is 0 Å². The van der Waals surface area contributed by atoms with Crippen molar-refractivity contribution in [3.8, 4) is 0 Å². The van der Waals surface area contributed by atoms with Gasteiger partial charge in [-0.2, -0.15) is 0 Å². The molecule has 0 radical (unpaired) electrons. The molecule has 3 aliphatic rings. The summed E-state index contributed by atoms with van der Waals surface area (Å²) in [5, 5.41) is 4.26. The van der Waals surface area contributed by atoms with Gasteiger partial charge in [-0.3, -0.25) is 9.79 Å². The molecule has 2 N–H and O–H groups in total. The van der Waals surface area contributed by atoms with Crippen molar-refractivity contribution in [3.63, 3.8) is 0 Å². The predicted molar refractivity (Wildman–Crippen MR) is 131 cm³/mol. The van der Waals surface area contributed by atoms with E-state index < -0.39 is 15.6 Å². The Hall–Kier alpha value is -2.19. The van der Waals surface area contributed by atoms with Crippen molar-refractivity contribution < 1.29 is 13.2 Å². The van der Waals surface area contributed by atoms with Gasteiger partial charge in [-0.25, -0.2) is 12.7 Å². The highest BCUT2D eigenvalue weighted by Crippen LogP contribution is 2.35. The number of aromatic amines is 1. The normalized spacial score (nSPS) is 22.1. The van der Waals surface area contributed by atoms with Crippen LogP contribution in [0.15, 0.2) is 35.5 Å². The maximum absolute atomic E-state index is 12.9. The van der Waals surface area contributed by atoms with E-state index in [0.29, 0.717) is 38.3 Å². The van der Waals surface area contributed by atoms with Gasteiger partial charge < -0.3 is 10.3 Å². The maximum atomic E-state index is 12.9. The van der Waals surface area contributed by atoms with Crippen LogP contribution in [0.4, 0.5) is 0 Å². The van der Waals surface area contributed by atoms with Crippen LogP contribution in [0.3, 0.4) is 0 Å². The number of fused-ring (bicyclic) bond motifs is 1. The Labute approximate surface area is 196 Å². The lowest BCUT2D eigenvalue weighted by Gasteiger charge is -2.34. The van der Waals surface area contributed by atoms with E-state index in [0.717, 1.165) is 37.0 Å². The van der Waals surface area contributed by atoms with E-state index in [-0.39, 0.29) is 11.7 Å². The number of carbonyl (C=O) groups excluding carboxylic acids is 1. The third-order valence-electron chi connectivity index (χ3n) is 7.72. The topological polar surface area (TPSA) is 94.6 Å². The summed E-state index contributed by atoms with van der Waals surface area (Å²) < 4.78 is 27.5. The van der Waals surface area contributed by atoms with Gasteiger partial charge in [0.05, 0.1) is 5.75 Å². The molecule has 1 aliphatic carbocycles. The number of H-pyrrole nitrogens is 1. The van der Waals surface area contributed by atoms with Gasteiger partial charge in [-0.15, -0.1) is 0 Å². The number of aromatic nitrogens is 1. The fourth-order valence-electron chi connectivity index (χ4n) is 5.68. The number of hydrogen-bond acceptors (Lipinski definition) is 4. The second-order valence-corrected chi connectivity index (χ2v) is 11.9. The number of rotatable bonds is 7. The molecule has 1 saturated carbocycles. The molecule has 1 spiro atoms. The van der Waals surface area contributed by atoms with E-state index in [1.807, 2.05) is 12.3 Å². The molecule has 2 aromatic rings. The minimum Gasteiger partial charge on any atom is -0.361 e. The van der Waals surface area contributed by atoms with Crippen molar-refractivity contribution in [2.24, 2.45) is 10.9 Å². The summed E-state index contributed by atoms with van der Waals surface area (Å²) in [7, 11) is -3.32. The van der Waals surface area contributed by atoms with Crippen molar-refractivity contribution in [2.75, 3.05) is 18.8 Å². The van der Waals surface area contributed by atoms with Gasteiger partial charge in [-0.1, -0.05) is 31.4 Å². The first-order valence-electron chi connectivity index (χ1n) is 12.4. The number of sulfonamides is 1. The van der Waals surface area contributed by atoms with E-state index in [1.165, 1.54) is 30.2 Å². The molecule has 5 rings (SSSR count). The number of unbranched alkanes of at least 4 members (excludes halogenated alkanes) is 1. The molecular weight excluding hydrogens is 436 g/mol. The quantitative estimate of drug-likeness (QED) is 0.603. The number of hydrogen-bond donors (Lipinski definition) is 2. The average Bonchev–Trinajstić information content (AvgIpc) is 3.43. The van der Waals surface area contributed by atoms with E-state index in [1.54, 1.807) is 4.31 Å². The molecule has 0 unspecified atom stereocenters. The number of amides is 1. The van der Waals surface area contributed by atoms with E-state index >= 15 is 0 Å². The summed E-state index contributed by atoms with van der Waals surface area (Å²) in [5.41, 5.74) is 1.62. The Bertz CT molecular complexity index is 1140. The summed E-state index contributed by atoms with van der Waals surface area (Å²) >= 11 is 0. The zero-order chi connectivity index (χ0) is 22.9. The Morgan fingerprint density at radius 1 is 1.06 bits per heavy atom. The summed E-state index contributed by atoms with van der Waals surface area (Å²) in [6.45, 7) is 0.750. The summed E-state index contributed by atoms with van der Waals surface area (Å²) in [6.07, 6.45) is 11.1. The van der Waals surface area contributed by atoms with Crippen LogP contribution >= 0.6 is 0 Å². The SMILES string of the molecule is O=C1NC(C2CCCCC2)=NC12CCN(S(=O)(=O)CCCCc1cccc3[nH]ccc13)CC2. The molecule has 1 amide bonds. The van der Waals surface area contributed by atoms with Crippen LogP contribution in [0.1, 0.15) is 63.4 Å². The van der Waals surface area contributed by atoms with Gasteiger partial charge in [0, 0.05) is 36.1 Å². The number of carbonyl (C=O) groups is 1. The van der Waals surface area contributed by atoms with Gasteiger partial charge in [0.25, 0.3) is 5.91 Å². The number of nitrogens with one attached hydrogen (secondary N) is 2. The van der Waals surface area contributed by atoms with Crippen LogP contribution in [0, 0.1) is 5.92 Å². The second-order valence-electron chi connectivity index (χ2n) is 9.85. The maximum Gasteiger partial charge on any atom is 0.253 e. The van der Waals surface area contributed by atoms with Crippen molar-refractivity contribution in [3.05, 3.63) is 36.0 Å². The number of nitrogens with zero attached hydrogens (tertiary/aromatic N) is 2. The van der Waals surface area contributed by atoms with Crippen molar-refractivity contribution in [1.29, 1.82) is 0 Å². The first-order valence-corrected chi connectivity index (χ1v) is 14.0. The Balaban J connectivity index is 1.14. The predicted octanol–water partition coefficient (Wildman–Crippen LogP) is 3.76. The third-order valence-corrected chi connectivity index (χ3v) is 9.67. The summed E-state index contributed by atoms with van der Waals surface area (Å²) in [4.78, 5) is 20.9. The lowest BCUT2D eigenvalue weighted by molar-refractivity contribution is -0.125. The average molecular weight is 471 g/mol.